The van der Waals surface area contributed by atoms with Crippen LogP contribution in [0.2, 0.25) is 0 Å². The molecule has 0 amide bonds. The van der Waals surface area contributed by atoms with E-state index in [1.165, 1.54) is 6.07 Å². The lowest BCUT2D eigenvalue weighted by molar-refractivity contribution is 0.0554. The van der Waals surface area contributed by atoms with Crippen molar-refractivity contribution >= 4 is 26.0 Å². The van der Waals surface area contributed by atoms with E-state index >= 15 is 0 Å². The van der Waals surface area contributed by atoms with E-state index in [9.17, 15) is 8.42 Å². The highest BCUT2D eigenvalue weighted by atomic mass is 79.9. The van der Waals surface area contributed by atoms with Crippen LogP contribution in [-0.2, 0) is 14.3 Å². The van der Waals surface area contributed by atoms with Gasteiger partial charge in [0.05, 0.1) is 4.90 Å². The normalized spacial score (nSPS) is 17.0. The van der Waals surface area contributed by atoms with Gasteiger partial charge in [-0.25, -0.2) is 0 Å². The molecule has 0 radical (unpaired) electrons. The van der Waals surface area contributed by atoms with Gasteiger partial charge >= 0.3 is 0 Å². The van der Waals surface area contributed by atoms with Crippen LogP contribution in [-0.4, -0.2) is 27.7 Å². The first-order chi connectivity index (χ1) is 11.0. The fourth-order valence-corrected chi connectivity index (χ4v) is 3.74. The number of hydrogen-bond acceptors (Lipinski definition) is 5. The van der Waals surface area contributed by atoms with E-state index in [2.05, 4.69) is 15.9 Å². The number of benzene rings is 2. The lowest BCUT2D eigenvalue weighted by Gasteiger charge is -2.26. The Morgan fingerprint density at radius 1 is 1.22 bits per heavy atom. The van der Waals surface area contributed by atoms with Gasteiger partial charge in [-0.15, -0.1) is 0 Å². The number of halogens is 1. The molecule has 2 aromatic rings. The van der Waals surface area contributed by atoms with Crippen molar-refractivity contribution < 1.29 is 22.1 Å². The minimum atomic E-state index is -3.82. The summed E-state index contributed by atoms with van der Waals surface area (Å²) in [6.07, 6.45) is -0.490. The molecule has 0 fully saturated rings. The molecule has 1 atom stereocenters. The van der Waals surface area contributed by atoms with Gasteiger partial charge in [0.1, 0.15) is 13.2 Å². The fourth-order valence-electron chi connectivity index (χ4n) is 2.24. The van der Waals surface area contributed by atoms with Crippen LogP contribution < -0.4 is 9.47 Å². The van der Waals surface area contributed by atoms with E-state index in [-0.39, 0.29) is 18.1 Å². The zero-order chi connectivity index (χ0) is 16.4. The number of fused-ring (bicyclic) bond motifs is 1. The van der Waals surface area contributed by atoms with E-state index in [1.807, 2.05) is 6.07 Å². The Balaban J connectivity index is 1.69. The Bertz CT molecular complexity index is 819. The first kappa shape index (κ1) is 16.3. The minimum Gasteiger partial charge on any atom is -0.486 e. The van der Waals surface area contributed by atoms with Gasteiger partial charge in [0.2, 0.25) is 0 Å². The molecule has 1 heterocycles. The SMILES string of the molecule is Cc1ccccc1S(=O)(=O)OC[C@H]1COc2ccc(Br)cc2O1. The van der Waals surface area contributed by atoms with Crippen molar-refractivity contribution in [3.05, 3.63) is 52.5 Å². The molecule has 0 saturated carbocycles. The molecular formula is C16H15BrO5S. The second-order valence-electron chi connectivity index (χ2n) is 5.15. The topological polar surface area (TPSA) is 61.8 Å². The van der Waals surface area contributed by atoms with Gasteiger partial charge in [0, 0.05) is 4.47 Å². The molecule has 0 saturated heterocycles. The third kappa shape index (κ3) is 3.68. The van der Waals surface area contributed by atoms with E-state index in [0.717, 1.165) is 4.47 Å². The van der Waals surface area contributed by atoms with Gasteiger partial charge < -0.3 is 9.47 Å². The second-order valence-corrected chi connectivity index (χ2v) is 7.65. The molecule has 0 bridgehead atoms. The number of rotatable bonds is 4. The summed E-state index contributed by atoms with van der Waals surface area (Å²) in [7, 11) is -3.82. The number of aryl methyl sites for hydroxylation is 1. The first-order valence-electron chi connectivity index (χ1n) is 7.00. The standard InChI is InChI=1S/C16H15BrO5S/c1-11-4-2-3-5-16(11)23(18,19)21-10-13-9-20-14-7-6-12(17)8-15(14)22-13/h2-8,13H,9-10H2,1H3/t13-/m1/s1. The van der Waals surface area contributed by atoms with E-state index in [0.29, 0.717) is 17.1 Å². The maximum Gasteiger partial charge on any atom is 0.297 e. The zero-order valence-electron chi connectivity index (χ0n) is 12.4. The lowest BCUT2D eigenvalue weighted by Crippen LogP contribution is -2.34. The lowest BCUT2D eigenvalue weighted by atomic mass is 10.2. The molecular weight excluding hydrogens is 384 g/mol. The van der Waals surface area contributed by atoms with Gasteiger partial charge in [-0.1, -0.05) is 34.1 Å². The fraction of sp³-hybridized carbons (Fsp3) is 0.250. The highest BCUT2D eigenvalue weighted by Gasteiger charge is 2.25. The summed E-state index contributed by atoms with van der Waals surface area (Å²) in [5, 5.41) is 0. The summed E-state index contributed by atoms with van der Waals surface area (Å²) in [6.45, 7) is 1.85. The van der Waals surface area contributed by atoms with Crippen LogP contribution in [0.1, 0.15) is 5.56 Å². The van der Waals surface area contributed by atoms with Crippen LogP contribution in [0, 0.1) is 6.92 Å². The molecule has 0 unspecified atom stereocenters. The van der Waals surface area contributed by atoms with Crippen LogP contribution >= 0.6 is 15.9 Å². The number of hydrogen-bond donors (Lipinski definition) is 0. The predicted octanol–water partition coefficient (Wildman–Crippen LogP) is 3.30. The zero-order valence-corrected chi connectivity index (χ0v) is 14.8. The van der Waals surface area contributed by atoms with Crippen LogP contribution in [0.15, 0.2) is 51.8 Å². The largest absolute Gasteiger partial charge is 0.486 e. The molecule has 2 aromatic carbocycles. The molecule has 7 heteroatoms. The predicted molar refractivity (Wildman–Crippen MR) is 88.4 cm³/mol. The summed E-state index contributed by atoms with van der Waals surface area (Å²) in [5.74, 6) is 1.19. The highest BCUT2D eigenvalue weighted by molar-refractivity contribution is 9.10. The molecule has 122 valence electrons. The van der Waals surface area contributed by atoms with E-state index < -0.39 is 16.2 Å². The Hall–Kier alpha value is -1.57. The van der Waals surface area contributed by atoms with Gasteiger partial charge in [0.15, 0.2) is 17.6 Å². The monoisotopic (exact) mass is 398 g/mol. The average Bonchev–Trinajstić information content (AvgIpc) is 2.53. The van der Waals surface area contributed by atoms with Crippen LogP contribution in [0.4, 0.5) is 0 Å². The Morgan fingerprint density at radius 2 is 2.00 bits per heavy atom. The molecule has 0 N–H and O–H groups in total. The third-order valence-electron chi connectivity index (χ3n) is 3.40. The van der Waals surface area contributed by atoms with Crippen molar-refractivity contribution in [3.8, 4) is 11.5 Å². The maximum atomic E-state index is 12.3. The molecule has 0 spiro atoms. The average molecular weight is 399 g/mol. The molecule has 1 aliphatic rings. The summed E-state index contributed by atoms with van der Waals surface area (Å²) < 4.78 is 41.8. The summed E-state index contributed by atoms with van der Waals surface area (Å²) >= 11 is 3.36. The second kappa shape index (κ2) is 6.51. The van der Waals surface area contributed by atoms with Crippen molar-refractivity contribution in [2.75, 3.05) is 13.2 Å². The van der Waals surface area contributed by atoms with Gasteiger partial charge in [-0.3, -0.25) is 4.18 Å². The Morgan fingerprint density at radius 3 is 2.78 bits per heavy atom. The van der Waals surface area contributed by atoms with Gasteiger partial charge in [0.25, 0.3) is 10.1 Å². The smallest absolute Gasteiger partial charge is 0.297 e. The van der Waals surface area contributed by atoms with Crippen LogP contribution in [0.3, 0.4) is 0 Å². The maximum absolute atomic E-state index is 12.3. The Labute approximate surface area is 143 Å². The quantitative estimate of drug-likeness (QED) is 0.739. The molecule has 1 aliphatic heterocycles. The highest BCUT2D eigenvalue weighted by Crippen LogP contribution is 2.34. The van der Waals surface area contributed by atoms with Gasteiger partial charge in [-0.2, -0.15) is 8.42 Å². The number of ether oxygens (including phenoxy) is 2. The van der Waals surface area contributed by atoms with Crippen molar-refractivity contribution in [1.29, 1.82) is 0 Å². The Kier molecular flexibility index (Phi) is 4.61. The van der Waals surface area contributed by atoms with Gasteiger partial charge in [-0.05, 0) is 36.8 Å². The minimum absolute atomic E-state index is 0.109. The summed E-state index contributed by atoms with van der Waals surface area (Å²) in [5.41, 5.74) is 0.641. The van der Waals surface area contributed by atoms with E-state index in [1.54, 1.807) is 37.3 Å². The van der Waals surface area contributed by atoms with Crippen molar-refractivity contribution in [3.63, 3.8) is 0 Å². The van der Waals surface area contributed by atoms with E-state index in [4.69, 9.17) is 13.7 Å². The van der Waals surface area contributed by atoms with Crippen LogP contribution in [0.5, 0.6) is 11.5 Å². The molecule has 23 heavy (non-hydrogen) atoms. The molecule has 0 aliphatic carbocycles. The first-order valence-corrected chi connectivity index (χ1v) is 9.20. The molecule has 3 rings (SSSR count). The third-order valence-corrected chi connectivity index (χ3v) is 5.33. The summed E-state index contributed by atoms with van der Waals surface area (Å²) in [4.78, 5) is 0.167. The van der Waals surface area contributed by atoms with Crippen LogP contribution in [0.25, 0.3) is 0 Å². The van der Waals surface area contributed by atoms with Crippen molar-refractivity contribution in [2.24, 2.45) is 0 Å². The van der Waals surface area contributed by atoms with Crippen molar-refractivity contribution in [2.45, 2.75) is 17.9 Å². The molecule has 5 nitrogen and oxygen atoms in total. The van der Waals surface area contributed by atoms with Crippen molar-refractivity contribution in [1.82, 2.24) is 0 Å². The summed E-state index contributed by atoms with van der Waals surface area (Å²) in [6, 6.07) is 12.1. The molecule has 0 aromatic heterocycles.